The van der Waals surface area contributed by atoms with Crippen molar-refractivity contribution in [2.24, 2.45) is 0 Å². The van der Waals surface area contributed by atoms with Gasteiger partial charge in [0.25, 0.3) is 0 Å². The van der Waals surface area contributed by atoms with Crippen LogP contribution in [0.3, 0.4) is 0 Å². The molecule has 0 bridgehead atoms. The van der Waals surface area contributed by atoms with Crippen LogP contribution in [0.2, 0.25) is 10.0 Å². The van der Waals surface area contributed by atoms with Crippen LogP contribution >= 0.6 is 23.2 Å². The molecule has 0 aliphatic carbocycles. The molecule has 0 unspecified atom stereocenters. The monoisotopic (exact) mass is 367 g/mol. The van der Waals surface area contributed by atoms with Crippen molar-refractivity contribution in [3.63, 3.8) is 0 Å². The summed E-state index contributed by atoms with van der Waals surface area (Å²) in [6.45, 7) is 0.691. The Morgan fingerprint density at radius 3 is 2.75 bits per heavy atom. The first-order chi connectivity index (χ1) is 11.5. The van der Waals surface area contributed by atoms with Gasteiger partial charge < -0.3 is 15.0 Å². The van der Waals surface area contributed by atoms with E-state index in [0.29, 0.717) is 22.3 Å². The highest BCUT2D eigenvalue weighted by Crippen LogP contribution is 2.27. The first-order valence-electron chi connectivity index (χ1n) is 7.42. The van der Waals surface area contributed by atoms with Gasteiger partial charge in [-0.25, -0.2) is 4.98 Å². The summed E-state index contributed by atoms with van der Waals surface area (Å²) in [6.07, 6.45) is 1.97. The second kappa shape index (κ2) is 8.76. The molecule has 1 heterocycles. The molecule has 1 amide bonds. The molecule has 0 saturated heterocycles. The Morgan fingerprint density at radius 2 is 2.04 bits per heavy atom. The molecule has 1 aromatic heterocycles. The van der Waals surface area contributed by atoms with Gasteiger partial charge in [0.05, 0.1) is 18.1 Å². The third kappa shape index (κ3) is 5.58. The number of carbonyl (C=O) groups excluding carboxylic acids is 1. The minimum absolute atomic E-state index is 0.0942. The number of benzene rings is 1. The van der Waals surface area contributed by atoms with E-state index in [1.165, 1.54) is 0 Å². The van der Waals surface area contributed by atoms with E-state index in [1.807, 2.05) is 31.1 Å². The largest absolute Gasteiger partial charge is 0.491 e. The number of aromatic nitrogens is 1. The molecule has 0 radical (unpaired) electrons. The molecule has 0 fully saturated rings. The minimum atomic E-state index is -0.0942. The quantitative estimate of drug-likeness (QED) is 0.812. The van der Waals surface area contributed by atoms with E-state index in [-0.39, 0.29) is 18.9 Å². The SMILES string of the molecule is CN(C)c1cc(CNC(=O)CCOc2ccc(Cl)cc2Cl)ccn1. The highest BCUT2D eigenvalue weighted by Gasteiger charge is 2.06. The minimum Gasteiger partial charge on any atom is -0.491 e. The van der Waals surface area contributed by atoms with Gasteiger partial charge in [0.1, 0.15) is 11.6 Å². The summed E-state index contributed by atoms with van der Waals surface area (Å²) in [5.74, 6) is 1.27. The maximum absolute atomic E-state index is 11.9. The molecule has 7 heteroatoms. The molecule has 0 atom stereocenters. The summed E-state index contributed by atoms with van der Waals surface area (Å²) in [4.78, 5) is 18.0. The van der Waals surface area contributed by atoms with Gasteiger partial charge in [0.15, 0.2) is 0 Å². The summed E-state index contributed by atoms with van der Waals surface area (Å²) in [6, 6.07) is 8.78. The molecule has 1 N–H and O–H groups in total. The number of hydrogen-bond donors (Lipinski definition) is 1. The molecule has 0 saturated carbocycles. The predicted octanol–water partition coefficient (Wildman–Crippen LogP) is 3.54. The second-order valence-corrected chi connectivity index (χ2v) is 6.21. The molecule has 2 aromatic rings. The van der Waals surface area contributed by atoms with E-state index < -0.39 is 0 Å². The van der Waals surface area contributed by atoms with Crippen molar-refractivity contribution in [2.75, 3.05) is 25.6 Å². The van der Waals surface area contributed by atoms with Crippen LogP contribution in [0.25, 0.3) is 0 Å². The summed E-state index contributed by atoms with van der Waals surface area (Å²) < 4.78 is 5.50. The lowest BCUT2D eigenvalue weighted by atomic mass is 10.2. The lowest BCUT2D eigenvalue weighted by molar-refractivity contribution is -0.121. The standard InChI is InChI=1S/C17H19Cl2N3O2/c1-22(2)16-9-12(5-7-20-16)11-21-17(23)6-8-24-15-4-3-13(18)10-14(15)19/h3-5,7,9-10H,6,8,11H2,1-2H3,(H,21,23). The van der Waals surface area contributed by atoms with E-state index in [9.17, 15) is 4.79 Å². The Kier molecular flexibility index (Phi) is 6.70. The number of nitrogens with zero attached hydrogens (tertiary/aromatic N) is 2. The number of pyridine rings is 1. The van der Waals surface area contributed by atoms with Gasteiger partial charge in [0.2, 0.25) is 5.91 Å². The Labute approximate surface area is 151 Å². The van der Waals surface area contributed by atoms with E-state index in [0.717, 1.165) is 11.4 Å². The third-order valence-electron chi connectivity index (χ3n) is 3.24. The molecule has 0 aliphatic rings. The van der Waals surface area contributed by atoms with E-state index in [1.54, 1.807) is 24.4 Å². The molecule has 128 valence electrons. The maximum Gasteiger partial charge on any atom is 0.223 e. The second-order valence-electron chi connectivity index (χ2n) is 5.37. The van der Waals surface area contributed by atoms with E-state index in [4.69, 9.17) is 27.9 Å². The zero-order chi connectivity index (χ0) is 17.5. The number of rotatable bonds is 7. The van der Waals surface area contributed by atoms with Gasteiger partial charge >= 0.3 is 0 Å². The van der Waals surface area contributed by atoms with Crippen molar-refractivity contribution in [1.82, 2.24) is 10.3 Å². The fourth-order valence-corrected chi connectivity index (χ4v) is 2.41. The van der Waals surface area contributed by atoms with Crippen LogP contribution in [0.1, 0.15) is 12.0 Å². The maximum atomic E-state index is 11.9. The summed E-state index contributed by atoms with van der Waals surface area (Å²) >= 11 is 11.8. The van der Waals surface area contributed by atoms with Gasteiger partial charge in [-0.1, -0.05) is 23.2 Å². The first kappa shape index (κ1) is 18.4. The number of nitrogens with one attached hydrogen (secondary N) is 1. The van der Waals surface area contributed by atoms with Crippen molar-refractivity contribution >= 4 is 34.9 Å². The first-order valence-corrected chi connectivity index (χ1v) is 8.18. The fourth-order valence-electron chi connectivity index (χ4n) is 1.95. The normalized spacial score (nSPS) is 10.3. The third-order valence-corrected chi connectivity index (χ3v) is 3.77. The Balaban J connectivity index is 1.76. The Hall–Kier alpha value is -1.98. The van der Waals surface area contributed by atoms with Crippen LogP contribution in [-0.2, 0) is 11.3 Å². The smallest absolute Gasteiger partial charge is 0.223 e. The zero-order valence-electron chi connectivity index (χ0n) is 13.6. The van der Waals surface area contributed by atoms with Crippen LogP contribution in [0, 0.1) is 0 Å². The van der Waals surface area contributed by atoms with Gasteiger partial charge in [0, 0.05) is 31.9 Å². The van der Waals surface area contributed by atoms with Crippen LogP contribution < -0.4 is 15.0 Å². The molecule has 1 aromatic carbocycles. The average molecular weight is 368 g/mol. The fraction of sp³-hybridized carbons (Fsp3) is 0.294. The molecular weight excluding hydrogens is 349 g/mol. The lowest BCUT2D eigenvalue weighted by Gasteiger charge is -2.12. The van der Waals surface area contributed by atoms with E-state index >= 15 is 0 Å². The average Bonchev–Trinajstić information content (AvgIpc) is 2.55. The summed E-state index contributed by atoms with van der Waals surface area (Å²) in [5, 5.41) is 3.82. The number of ether oxygens (including phenoxy) is 1. The highest BCUT2D eigenvalue weighted by molar-refractivity contribution is 6.35. The van der Waals surface area contributed by atoms with Crippen LogP contribution in [0.5, 0.6) is 5.75 Å². The van der Waals surface area contributed by atoms with Crippen molar-refractivity contribution < 1.29 is 9.53 Å². The van der Waals surface area contributed by atoms with Crippen molar-refractivity contribution in [3.05, 3.63) is 52.1 Å². The van der Waals surface area contributed by atoms with Gasteiger partial charge in [-0.2, -0.15) is 0 Å². The van der Waals surface area contributed by atoms with Crippen molar-refractivity contribution in [2.45, 2.75) is 13.0 Å². The zero-order valence-corrected chi connectivity index (χ0v) is 15.1. The van der Waals surface area contributed by atoms with Crippen LogP contribution in [-0.4, -0.2) is 31.6 Å². The topological polar surface area (TPSA) is 54.5 Å². The highest BCUT2D eigenvalue weighted by atomic mass is 35.5. The van der Waals surface area contributed by atoms with Crippen molar-refractivity contribution in [3.8, 4) is 5.75 Å². The van der Waals surface area contributed by atoms with Gasteiger partial charge in [-0.15, -0.1) is 0 Å². The van der Waals surface area contributed by atoms with E-state index in [2.05, 4.69) is 10.3 Å². The summed E-state index contributed by atoms with van der Waals surface area (Å²) in [7, 11) is 3.84. The number of amides is 1. The van der Waals surface area contributed by atoms with Crippen LogP contribution in [0.4, 0.5) is 5.82 Å². The van der Waals surface area contributed by atoms with Crippen molar-refractivity contribution in [1.29, 1.82) is 0 Å². The van der Waals surface area contributed by atoms with Gasteiger partial charge in [-0.05, 0) is 35.9 Å². The molecule has 2 rings (SSSR count). The predicted molar refractivity (Wildman–Crippen MR) is 97.0 cm³/mol. The van der Waals surface area contributed by atoms with Crippen LogP contribution in [0.15, 0.2) is 36.5 Å². The molecule has 24 heavy (non-hydrogen) atoms. The van der Waals surface area contributed by atoms with Gasteiger partial charge in [-0.3, -0.25) is 4.79 Å². The Morgan fingerprint density at radius 1 is 1.25 bits per heavy atom. The number of anilines is 1. The number of carbonyl (C=O) groups is 1. The summed E-state index contributed by atoms with van der Waals surface area (Å²) in [5.41, 5.74) is 0.990. The molecule has 0 spiro atoms. The number of hydrogen-bond acceptors (Lipinski definition) is 4. The number of halogens is 2. The Bertz CT molecular complexity index is 708. The molecule has 5 nitrogen and oxygen atoms in total. The molecular formula is C17H19Cl2N3O2. The molecule has 0 aliphatic heterocycles. The lowest BCUT2D eigenvalue weighted by Crippen LogP contribution is -2.24.